The first kappa shape index (κ1) is 22.4. The minimum absolute atomic E-state index is 0.236. The van der Waals surface area contributed by atoms with E-state index < -0.39 is 5.97 Å². The predicted molar refractivity (Wildman–Crippen MR) is 110 cm³/mol. The Kier molecular flexibility index (Phi) is 8.98. The Morgan fingerprint density at radius 2 is 2.11 bits per heavy atom. The van der Waals surface area contributed by atoms with Crippen LogP contribution in [-0.2, 0) is 16.0 Å². The molecule has 152 valence electrons. The normalized spacial score (nSPS) is 10.6. The molecule has 0 aliphatic heterocycles. The lowest BCUT2D eigenvalue weighted by molar-refractivity contribution is 0.0520. The lowest BCUT2D eigenvalue weighted by atomic mass is 10.3. The van der Waals surface area contributed by atoms with Crippen molar-refractivity contribution >= 4 is 52.2 Å². The fourth-order valence-corrected chi connectivity index (χ4v) is 3.52. The number of aromatic nitrogens is 1. The predicted octanol–water partition coefficient (Wildman–Crippen LogP) is 4.70. The van der Waals surface area contributed by atoms with Crippen LogP contribution >= 0.6 is 34.5 Å². The van der Waals surface area contributed by atoms with E-state index in [0.717, 1.165) is 0 Å². The number of nitrogens with one attached hydrogen (secondary N) is 1. The molecule has 0 atom stereocenters. The van der Waals surface area contributed by atoms with Crippen molar-refractivity contribution in [3.8, 4) is 0 Å². The summed E-state index contributed by atoms with van der Waals surface area (Å²) >= 11 is 13.3. The number of esters is 1. The molecule has 0 spiro atoms. The van der Waals surface area contributed by atoms with Gasteiger partial charge in [0.2, 0.25) is 0 Å². The Hall–Kier alpha value is -1.87. The molecule has 1 aromatic carbocycles. The van der Waals surface area contributed by atoms with Gasteiger partial charge in [-0.1, -0.05) is 23.2 Å². The number of anilines is 1. The molecule has 10 heteroatoms. The second kappa shape index (κ2) is 11.2. The van der Waals surface area contributed by atoms with E-state index in [4.69, 9.17) is 32.7 Å². The Bertz CT molecular complexity index is 816. The summed E-state index contributed by atoms with van der Waals surface area (Å²) in [5.74, 6) is -0.478. The first-order valence-electron chi connectivity index (χ1n) is 8.56. The molecule has 0 radical (unpaired) electrons. The average Bonchev–Trinajstić information content (AvgIpc) is 3.12. The Balaban J connectivity index is 2.10. The van der Waals surface area contributed by atoms with Gasteiger partial charge in [0.1, 0.15) is 5.01 Å². The van der Waals surface area contributed by atoms with E-state index in [1.165, 1.54) is 11.3 Å². The minimum Gasteiger partial charge on any atom is -0.461 e. The number of methoxy groups -OCH3 is 1. The lowest BCUT2D eigenvalue weighted by Gasteiger charge is -2.22. The van der Waals surface area contributed by atoms with Crippen molar-refractivity contribution in [2.75, 3.05) is 32.2 Å². The molecular weight excluding hydrogens is 425 g/mol. The Labute approximate surface area is 177 Å². The minimum atomic E-state index is -0.478. The average molecular weight is 446 g/mol. The highest BCUT2D eigenvalue weighted by Gasteiger charge is 2.19. The highest BCUT2D eigenvalue weighted by atomic mass is 35.5. The summed E-state index contributed by atoms with van der Waals surface area (Å²) in [6.45, 7) is 3.20. The summed E-state index contributed by atoms with van der Waals surface area (Å²) in [4.78, 5) is 30.4. The lowest BCUT2D eigenvalue weighted by Crippen LogP contribution is -2.35. The van der Waals surface area contributed by atoms with Crippen LogP contribution in [0, 0.1) is 0 Å². The second-order valence-electron chi connectivity index (χ2n) is 5.67. The molecule has 0 fully saturated rings. The number of carbonyl (C=O) groups excluding carboxylic acids is 2. The molecule has 0 saturated carbocycles. The van der Waals surface area contributed by atoms with Crippen molar-refractivity contribution < 1.29 is 19.1 Å². The van der Waals surface area contributed by atoms with Gasteiger partial charge in [-0.05, 0) is 31.5 Å². The summed E-state index contributed by atoms with van der Waals surface area (Å²) in [5.41, 5.74) is 0.694. The maximum absolute atomic E-state index is 12.8. The number of ether oxygens (including phenoxy) is 2. The monoisotopic (exact) mass is 445 g/mol. The molecule has 0 saturated heterocycles. The van der Waals surface area contributed by atoms with Crippen LogP contribution in [0.15, 0.2) is 23.6 Å². The molecular formula is C18H21Cl2N3O4S. The molecule has 0 bridgehead atoms. The Morgan fingerprint density at radius 3 is 2.79 bits per heavy atom. The van der Waals surface area contributed by atoms with Crippen LogP contribution in [0.4, 0.5) is 10.5 Å². The number of rotatable bonds is 9. The van der Waals surface area contributed by atoms with E-state index in [1.807, 2.05) is 0 Å². The number of amides is 2. The fourth-order valence-electron chi connectivity index (χ4n) is 2.28. The summed E-state index contributed by atoms with van der Waals surface area (Å²) in [7, 11) is 1.60. The molecule has 7 nitrogen and oxygen atoms in total. The molecule has 1 aromatic heterocycles. The van der Waals surface area contributed by atoms with Crippen molar-refractivity contribution in [2.45, 2.75) is 19.9 Å². The zero-order valence-corrected chi connectivity index (χ0v) is 17.9. The SMILES string of the molecule is CCOC(=O)c1csc(CN(CCCOC)C(=O)Nc2ccc(Cl)cc2Cl)n1. The molecule has 2 amide bonds. The van der Waals surface area contributed by atoms with E-state index in [2.05, 4.69) is 10.3 Å². The van der Waals surface area contributed by atoms with Crippen LogP contribution in [0.2, 0.25) is 10.0 Å². The van der Waals surface area contributed by atoms with Gasteiger partial charge in [0, 0.05) is 30.7 Å². The van der Waals surface area contributed by atoms with Crippen LogP contribution in [-0.4, -0.2) is 48.8 Å². The van der Waals surface area contributed by atoms with Crippen LogP contribution in [0.1, 0.15) is 28.8 Å². The number of benzene rings is 1. The van der Waals surface area contributed by atoms with Crippen molar-refractivity contribution in [2.24, 2.45) is 0 Å². The third-order valence-electron chi connectivity index (χ3n) is 3.60. The van der Waals surface area contributed by atoms with Crippen LogP contribution in [0.3, 0.4) is 0 Å². The van der Waals surface area contributed by atoms with Gasteiger partial charge in [0.25, 0.3) is 0 Å². The molecule has 2 rings (SSSR count). The largest absolute Gasteiger partial charge is 0.461 e. The number of hydrogen-bond donors (Lipinski definition) is 1. The van der Waals surface area contributed by atoms with Crippen LogP contribution in [0.5, 0.6) is 0 Å². The second-order valence-corrected chi connectivity index (χ2v) is 7.46. The van der Waals surface area contributed by atoms with E-state index >= 15 is 0 Å². The van der Waals surface area contributed by atoms with Gasteiger partial charge < -0.3 is 19.7 Å². The number of carbonyl (C=O) groups is 2. The van der Waals surface area contributed by atoms with Gasteiger partial charge in [-0.15, -0.1) is 11.3 Å². The first-order chi connectivity index (χ1) is 13.4. The zero-order chi connectivity index (χ0) is 20.5. The van der Waals surface area contributed by atoms with E-state index in [9.17, 15) is 9.59 Å². The highest BCUT2D eigenvalue weighted by molar-refractivity contribution is 7.09. The standard InChI is InChI=1S/C18H21Cl2N3O4S/c1-3-27-17(24)15-11-28-16(21-15)10-23(7-4-8-26-2)18(25)22-14-6-5-12(19)9-13(14)20/h5-6,9,11H,3-4,7-8,10H2,1-2H3,(H,22,25). The zero-order valence-electron chi connectivity index (χ0n) is 15.5. The van der Waals surface area contributed by atoms with E-state index in [1.54, 1.807) is 42.5 Å². The Morgan fingerprint density at radius 1 is 1.32 bits per heavy atom. The van der Waals surface area contributed by atoms with Gasteiger partial charge in [0.15, 0.2) is 5.69 Å². The van der Waals surface area contributed by atoms with Crippen LogP contribution in [0.25, 0.3) is 0 Å². The molecule has 1 N–H and O–H groups in total. The summed E-state index contributed by atoms with van der Waals surface area (Å²) in [6, 6.07) is 4.50. The summed E-state index contributed by atoms with van der Waals surface area (Å²) in [5, 5.41) is 5.84. The maximum Gasteiger partial charge on any atom is 0.357 e. The number of hydrogen-bond acceptors (Lipinski definition) is 6. The smallest absolute Gasteiger partial charge is 0.357 e. The number of halogens is 2. The number of nitrogens with zero attached hydrogens (tertiary/aromatic N) is 2. The van der Waals surface area contributed by atoms with Gasteiger partial charge in [-0.3, -0.25) is 0 Å². The van der Waals surface area contributed by atoms with E-state index in [-0.39, 0.29) is 24.9 Å². The summed E-state index contributed by atoms with van der Waals surface area (Å²) in [6.07, 6.45) is 0.647. The van der Waals surface area contributed by atoms with Crippen molar-refractivity contribution in [1.29, 1.82) is 0 Å². The van der Waals surface area contributed by atoms with Gasteiger partial charge in [-0.25, -0.2) is 14.6 Å². The summed E-state index contributed by atoms with van der Waals surface area (Å²) < 4.78 is 10.0. The third kappa shape index (κ3) is 6.63. The maximum atomic E-state index is 12.8. The van der Waals surface area contributed by atoms with Crippen molar-refractivity contribution in [3.05, 3.63) is 44.3 Å². The molecule has 0 unspecified atom stereocenters. The van der Waals surface area contributed by atoms with Crippen molar-refractivity contribution in [3.63, 3.8) is 0 Å². The first-order valence-corrected chi connectivity index (χ1v) is 10.2. The van der Waals surface area contributed by atoms with Gasteiger partial charge >= 0.3 is 12.0 Å². The number of thiazole rings is 1. The van der Waals surface area contributed by atoms with Crippen molar-refractivity contribution in [1.82, 2.24) is 9.88 Å². The molecule has 2 aromatic rings. The fraction of sp³-hybridized carbons (Fsp3) is 0.389. The quantitative estimate of drug-likeness (QED) is 0.446. The molecule has 0 aliphatic rings. The molecule has 28 heavy (non-hydrogen) atoms. The van der Waals surface area contributed by atoms with E-state index in [0.29, 0.717) is 40.3 Å². The molecule has 1 heterocycles. The highest BCUT2D eigenvalue weighted by Crippen LogP contribution is 2.26. The van der Waals surface area contributed by atoms with Gasteiger partial charge in [0.05, 0.1) is 23.9 Å². The number of urea groups is 1. The molecule has 0 aliphatic carbocycles. The van der Waals surface area contributed by atoms with Crippen LogP contribution < -0.4 is 5.32 Å². The topological polar surface area (TPSA) is 80.8 Å². The van der Waals surface area contributed by atoms with Gasteiger partial charge in [-0.2, -0.15) is 0 Å². The third-order valence-corrected chi connectivity index (χ3v) is 4.98.